The fourth-order valence-corrected chi connectivity index (χ4v) is 2.62. The number of nitrogens with zero attached hydrogens (tertiary/aromatic N) is 5. The van der Waals surface area contributed by atoms with Crippen LogP contribution in [0.15, 0.2) is 30.6 Å². The van der Waals surface area contributed by atoms with Crippen molar-refractivity contribution >= 4 is 34.2 Å². The molecular formula is C13H13Cl2N5. The molecule has 20 heavy (non-hydrogen) atoms. The highest BCUT2D eigenvalue weighted by molar-refractivity contribution is 6.31. The maximum atomic E-state index is 5.99. The second-order valence-corrected chi connectivity index (χ2v) is 5.17. The van der Waals surface area contributed by atoms with E-state index in [0.29, 0.717) is 10.9 Å². The summed E-state index contributed by atoms with van der Waals surface area (Å²) in [6.45, 7) is 1.65. The molecule has 0 radical (unpaired) electrons. The Morgan fingerprint density at radius 2 is 2.10 bits per heavy atom. The van der Waals surface area contributed by atoms with E-state index in [1.807, 2.05) is 29.1 Å². The molecule has 0 N–H and O–H groups in total. The van der Waals surface area contributed by atoms with Gasteiger partial charge in [-0.2, -0.15) is 0 Å². The summed E-state index contributed by atoms with van der Waals surface area (Å²) >= 11 is 12.0. The van der Waals surface area contributed by atoms with E-state index in [2.05, 4.69) is 19.9 Å². The Morgan fingerprint density at radius 1 is 1.20 bits per heavy atom. The monoisotopic (exact) mass is 309 g/mol. The molecular weight excluding hydrogens is 297 g/mol. The number of aryl methyl sites for hydroxylation is 2. The van der Waals surface area contributed by atoms with E-state index in [-0.39, 0.29) is 0 Å². The lowest BCUT2D eigenvalue weighted by molar-refractivity contribution is 0.514. The average molecular weight is 310 g/mol. The van der Waals surface area contributed by atoms with Crippen LogP contribution in [-0.4, -0.2) is 24.5 Å². The Balaban J connectivity index is 1.82. The minimum atomic E-state index is 0.385. The standard InChI is InChI=1S/C13H13Cl2N5/c14-9-13-17-11-8-10(15)2-3-12(11)20(13)6-1-5-19-7-4-16-18-19/h2-4,7-8H,1,5-6,9H2. The van der Waals surface area contributed by atoms with Gasteiger partial charge in [0.2, 0.25) is 0 Å². The molecule has 0 spiro atoms. The molecule has 0 aliphatic carbocycles. The van der Waals surface area contributed by atoms with Crippen LogP contribution in [0.3, 0.4) is 0 Å². The van der Waals surface area contributed by atoms with E-state index in [1.54, 1.807) is 6.20 Å². The molecule has 0 saturated carbocycles. The Kier molecular flexibility index (Phi) is 3.89. The third-order valence-corrected chi connectivity index (χ3v) is 3.62. The first-order chi connectivity index (χ1) is 9.78. The van der Waals surface area contributed by atoms with E-state index < -0.39 is 0 Å². The van der Waals surface area contributed by atoms with Crippen molar-refractivity contribution in [2.75, 3.05) is 0 Å². The van der Waals surface area contributed by atoms with Crippen molar-refractivity contribution in [3.05, 3.63) is 41.4 Å². The summed E-state index contributed by atoms with van der Waals surface area (Å²) in [5, 5.41) is 8.43. The summed E-state index contributed by atoms with van der Waals surface area (Å²) < 4.78 is 3.95. The van der Waals surface area contributed by atoms with Gasteiger partial charge in [-0.1, -0.05) is 16.8 Å². The van der Waals surface area contributed by atoms with Gasteiger partial charge in [0.05, 0.1) is 23.1 Å². The fourth-order valence-electron chi connectivity index (χ4n) is 2.25. The molecule has 0 fully saturated rings. The molecule has 5 nitrogen and oxygen atoms in total. The quantitative estimate of drug-likeness (QED) is 0.680. The predicted molar refractivity (Wildman–Crippen MR) is 78.9 cm³/mol. The van der Waals surface area contributed by atoms with Crippen molar-refractivity contribution in [2.45, 2.75) is 25.4 Å². The maximum Gasteiger partial charge on any atom is 0.124 e. The van der Waals surface area contributed by atoms with Gasteiger partial charge in [0.15, 0.2) is 0 Å². The van der Waals surface area contributed by atoms with Crippen LogP contribution in [0, 0.1) is 0 Å². The third kappa shape index (κ3) is 2.64. The Bertz CT molecular complexity index is 705. The van der Waals surface area contributed by atoms with E-state index >= 15 is 0 Å². The molecule has 1 aromatic carbocycles. The highest BCUT2D eigenvalue weighted by Gasteiger charge is 2.10. The van der Waals surface area contributed by atoms with Crippen molar-refractivity contribution in [1.29, 1.82) is 0 Å². The molecule has 7 heteroatoms. The highest BCUT2D eigenvalue weighted by Crippen LogP contribution is 2.21. The summed E-state index contributed by atoms with van der Waals surface area (Å²) in [6, 6.07) is 5.72. The highest BCUT2D eigenvalue weighted by atomic mass is 35.5. The molecule has 0 aliphatic heterocycles. The number of hydrogen-bond donors (Lipinski definition) is 0. The lowest BCUT2D eigenvalue weighted by Crippen LogP contribution is -2.07. The second-order valence-electron chi connectivity index (χ2n) is 4.47. The molecule has 0 unspecified atom stereocenters. The Labute approximate surface area is 126 Å². The normalized spacial score (nSPS) is 11.3. The summed E-state index contributed by atoms with van der Waals surface area (Å²) in [7, 11) is 0. The topological polar surface area (TPSA) is 48.5 Å². The lowest BCUT2D eigenvalue weighted by atomic mass is 10.3. The fraction of sp³-hybridized carbons (Fsp3) is 0.308. The zero-order valence-corrected chi connectivity index (χ0v) is 12.2. The molecule has 0 atom stereocenters. The van der Waals surface area contributed by atoms with Crippen molar-refractivity contribution in [3.63, 3.8) is 0 Å². The van der Waals surface area contributed by atoms with Crippen LogP contribution in [0.2, 0.25) is 5.02 Å². The predicted octanol–water partition coefficient (Wildman–Crippen LogP) is 3.11. The number of halogens is 2. The smallest absolute Gasteiger partial charge is 0.124 e. The van der Waals surface area contributed by atoms with Gasteiger partial charge in [-0.25, -0.2) is 4.98 Å². The van der Waals surface area contributed by atoms with Crippen molar-refractivity contribution in [3.8, 4) is 0 Å². The van der Waals surface area contributed by atoms with Crippen LogP contribution >= 0.6 is 23.2 Å². The molecule has 0 bridgehead atoms. The van der Waals surface area contributed by atoms with Gasteiger partial charge in [-0.15, -0.1) is 16.7 Å². The first-order valence-electron chi connectivity index (χ1n) is 6.32. The number of fused-ring (bicyclic) bond motifs is 1. The van der Waals surface area contributed by atoms with Gasteiger partial charge < -0.3 is 4.57 Å². The molecule has 3 aromatic rings. The number of alkyl halides is 1. The number of benzene rings is 1. The Morgan fingerprint density at radius 3 is 2.85 bits per heavy atom. The van der Waals surface area contributed by atoms with Gasteiger partial charge in [0.1, 0.15) is 5.82 Å². The minimum Gasteiger partial charge on any atom is -0.327 e. The maximum absolute atomic E-state index is 5.99. The third-order valence-electron chi connectivity index (χ3n) is 3.15. The SMILES string of the molecule is ClCc1nc2cc(Cl)ccc2n1CCCn1ccnn1. The molecule has 0 saturated heterocycles. The van der Waals surface area contributed by atoms with Gasteiger partial charge >= 0.3 is 0 Å². The Hall–Kier alpha value is -1.59. The van der Waals surface area contributed by atoms with E-state index in [0.717, 1.165) is 36.4 Å². The molecule has 2 aromatic heterocycles. The van der Waals surface area contributed by atoms with Crippen LogP contribution < -0.4 is 0 Å². The lowest BCUT2D eigenvalue weighted by Gasteiger charge is -2.07. The van der Waals surface area contributed by atoms with Gasteiger partial charge in [-0.3, -0.25) is 4.68 Å². The molecule has 0 aliphatic rings. The van der Waals surface area contributed by atoms with E-state index in [1.165, 1.54) is 0 Å². The summed E-state index contributed by atoms with van der Waals surface area (Å²) in [6.07, 6.45) is 4.47. The second kappa shape index (κ2) is 5.81. The number of aromatic nitrogens is 5. The van der Waals surface area contributed by atoms with Gasteiger partial charge in [0, 0.05) is 24.3 Å². The first kappa shape index (κ1) is 13.4. The van der Waals surface area contributed by atoms with Crippen LogP contribution in [0.5, 0.6) is 0 Å². The van der Waals surface area contributed by atoms with Crippen molar-refractivity contribution in [1.82, 2.24) is 24.5 Å². The summed E-state index contributed by atoms with van der Waals surface area (Å²) in [4.78, 5) is 4.52. The van der Waals surface area contributed by atoms with Crippen LogP contribution in [0.25, 0.3) is 11.0 Å². The molecule has 3 rings (SSSR count). The van der Waals surface area contributed by atoms with E-state index in [4.69, 9.17) is 23.2 Å². The molecule has 2 heterocycles. The average Bonchev–Trinajstić information content (AvgIpc) is 3.06. The zero-order chi connectivity index (χ0) is 13.9. The minimum absolute atomic E-state index is 0.385. The van der Waals surface area contributed by atoms with Crippen LogP contribution in [0.4, 0.5) is 0 Å². The zero-order valence-electron chi connectivity index (χ0n) is 10.7. The van der Waals surface area contributed by atoms with Gasteiger partial charge in [0.25, 0.3) is 0 Å². The number of imidazole rings is 1. The number of rotatable bonds is 5. The van der Waals surface area contributed by atoms with Crippen LogP contribution in [-0.2, 0) is 19.0 Å². The van der Waals surface area contributed by atoms with Crippen molar-refractivity contribution in [2.24, 2.45) is 0 Å². The molecule has 104 valence electrons. The summed E-state index contributed by atoms with van der Waals surface area (Å²) in [5.41, 5.74) is 1.94. The summed E-state index contributed by atoms with van der Waals surface area (Å²) in [5.74, 6) is 1.25. The van der Waals surface area contributed by atoms with E-state index in [9.17, 15) is 0 Å². The molecule has 0 amide bonds. The number of hydrogen-bond acceptors (Lipinski definition) is 3. The first-order valence-corrected chi connectivity index (χ1v) is 7.24. The van der Waals surface area contributed by atoms with Crippen molar-refractivity contribution < 1.29 is 0 Å². The van der Waals surface area contributed by atoms with Gasteiger partial charge in [-0.05, 0) is 24.6 Å². The largest absolute Gasteiger partial charge is 0.327 e. The van der Waals surface area contributed by atoms with Crippen LogP contribution in [0.1, 0.15) is 12.2 Å².